The van der Waals surface area contributed by atoms with E-state index in [4.69, 9.17) is 9.47 Å². The van der Waals surface area contributed by atoms with Crippen LogP contribution in [0.3, 0.4) is 0 Å². The van der Waals surface area contributed by atoms with E-state index < -0.39 is 5.97 Å². The summed E-state index contributed by atoms with van der Waals surface area (Å²) in [4.78, 5) is 30.0. The zero-order chi connectivity index (χ0) is 25.5. The van der Waals surface area contributed by atoms with Gasteiger partial charge in [-0.3, -0.25) is 14.6 Å². The lowest BCUT2D eigenvalue weighted by atomic mass is 9.72. The molecule has 6 nitrogen and oxygen atoms in total. The summed E-state index contributed by atoms with van der Waals surface area (Å²) in [7, 11) is 1.54. The largest absolute Gasteiger partial charge is 0.493 e. The van der Waals surface area contributed by atoms with E-state index in [1.54, 1.807) is 12.3 Å². The number of Topliss-reactive ketones (excluding diaryl/α,β-unsaturated/α-hetero) is 1. The number of methoxy groups -OCH3 is 1. The Balaban J connectivity index is 1.53. The van der Waals surface area contributed by atoms with Crippen LogP contribution in [0.1, 0.15) is 48.4 Å². The van der Waals surface area contributed by atoms with Gasteiger partial charge in [0, 0.05) is 41.8 Å². The van der Waals surface area contributed by atoms with Gasteiger partial charge in [0.15, 0.2) is 17.3 Å². The molecule has 2 aliphatic rings. The molecule has 0 fully saturated rings. The van der Waals surface area contributed by atoms with Crippen LogP contribution in [0.5, 0.6) is 11.5 Å². The molecule has 1 N–H and O–H groups in total. The highest BCUT2D eigenvalue weighted by Gasteiger charge is 2.38. The second kappa shape index (κ2) is 9.21. The molecule has 1 aromatic heterocycles. The van der Waals surface area contributed by atoms with Crippen LogP contribution in [-0.4, -0.2) is 23.8 Å². The van der Waals surface area contributed by atoms with Crippen molar-refractivity contribution >= 4 is 33.9 Å². The summed E-state index contributed by atoms with van der Waals surface area (Å²) >= 11 is 0. The van der Waals surface area contributed by atoms with Gasteiger partial charge in [-0.25, -0.2) is 0 Å². The van der Waals surface area contributed by atoms with Gasteiger partial charge in [0.05, 0.1) is 18.7 Å². The average molecular weight is 491 g/mol. The lowest BCUT2D eigenvalue weighted by Crippen LogP contribution is -2.29. The number of nitrogens with zero attached hydrogens (tertiary/aromatic N) is 1. The van der Waals surface area contributed by atoms with E-state index in [1.165, 1.54) is 19.6 Å². The van der Waals surface area contributed by atoms with Crippen molar-refractivity contribution in [2.75, 3.05) is 12.4 Å². The van der Waals surface area contributed by atoms with Gasteiger partial charge in [0.1, 0.15) is 0 Å². The number of fused-ring (bicyclic) bond motifs is 4. The number of ether oxygens (including phenoxy) is 2. The summed E-state index contributed by atoms with van der Waals surface area (Å²) in [6, 6.07) is 23.4. The van der Waals surface area contributed by atoms with Crippen LogP contribution in [0.4, 0.5) is 5.69 Å². The van der Waals surface area contributed by atoms with E-state index in [9.17, 15) is 9.59 Å². The van der Waals surface area contributed by atoms with Crippen LogP contribution in [0.15, 0.2) is 84.6 Å². The number of hydrogen-bond donors (Lipinski definition) is 1. The van der Waals surface area contributed by atoms with Gasteiger partial charge in [-0.1, -0.05) is 42.5 Å². The molecule has 0 amide bonds. The van der Waals surface area contributed by atoms with Gasteiger partial charge in [0.2, 0.25) is 0 Å². The van der Waals surface area contributed by atoms with Gasteiger partial charge < -0.3 is 14.8 Å². The lowest BCUT2D eigenvalue weighted by molar-refractivity contribution is -0.132. The number of benzene rings is 3. The number of nitrogens with one attached hydrogen (secondary N) is 1. The molecule has 2 atom stereocenters. The van der Waals surface area contributed by atoms with Crippen molar-refractivity contribution in [1.29, 1.82) is 0 Å². The van der Waals surface area contributed by atoms with E-state index >= 15 is 0 Å². The van der Waals surface area contributed by atoms with E-state index in [-0.39, 0.29) is 17.7 Å². The average Bonchev–Trinajstić information content (AvgIpc) is 2.92. The molecule has 0 bridgehead atoms. The molecule has 184 valence electrons. The fourth-order valence-corrected chi connectivity index (χ4v) is 5.64. The normalized spacial score (nSPS) is 18.6. The minimum Gasteiger partial charge on any atom is -0.493 e. The molecule has 2 heterocycles. The van der Waals surface area contributed by atoms with Crippen LogP contribution >= 0.6 is 0 Å². The fourth-order valence-electron chi connectivity index (χ4n) is 5.64. The third-order valence-corrected chi connectivity index (χ3v) is 7.23. The van der Waals surface area contributed by atoms with E-state index in [1.807, 2.05) is 48.5 Å². The van der Waals surface area contributed by atoms with Crippen LogP contribution in [-0.2, 0) is 9.59 Å². The number of carbonyl (C=O) groups is 2. The molecule has 37 heavy (non-hydrogen) atoms. The number of hydrogen-bond acceptors (Lipinski definition) is 6. The summed E-state index contributed by atoms with van der Waals surface area (Å²) < 4.78 is 10.8. The third kappa shape index (κ3) is 4.04. The number of ketones is 1. The van der Waals surface area contributed by atoms with Crippen LogP contribution < -0.4 is 14.8 Å². The first kappa shape index (κ1) is 23.0. The van der Waals surface area contributed by atoms with Crippen molar-refractivity contribution in [2.24, 2.45) is 0 Å². The quantitative estimate of drug-likeness (QED) is 0.270. The van der Waals surface area contributed by atoms with Gasteiger partial charge in [-0.2, -0.15) is 0 Å². The molecule has 0 unspecified atom stereocenters. The molecular formula is C31H26N2O4. The third-order valence-electron chi connectivity index (χ3n) is 7.23. The Hall–Kier alpha value is -4.45. The summed E-state index contributed by atoms with van der Waals surface area (Å²) in [5, 5.41) is 4.66. The zero-order valence-electron chi connectivity index (χ0n) is 20.7. The zero-order valence-corrected chi connectivity index (χ0v) is 20.7. The van der Waals surface area contributed by atoms with Crippen molar-refractivity contribution in [3.8, 4) is 11.5 Å². The molecule has 4 aromatic rings. The topological polar surface area (TPSA) is 77.5 Å². The molecule has 1 aliphatic carbocycles. The maximum atomic E-state index is 13.9. The van der Waals surface area contributed by atoms with Gasteiger partial charge in [0.25, 0.3) is 0 Å². The lowest BCUT2D eigenvalue weighted by Gasteiger charge is -2.37. The van der Waals surface area contributed by atoms with Crippen molar-refractivity contribution in [1.82, 2.24) is 4.98 Å². The standard InChI is InChI=1S/C31H26N2O4/c1-18(34)37-27-13-10-20(17-28(27)36-2)31-30-23(15-21(16-26(30)35)19-7-4-3-5-8-19)29-22-9-6-14-32-24(22)11-12-25(29)33-31/h3-14,17,21,31,33H,15-16H2,1-2H3/t21-,31+/m1/s1. The Labute approximate surface area is 214 Å². The smallest absolute Gasteiger partial charge is 0.308 e. The fraction of sp³-hybridized carbons (Fsp3) is 0.194. The van der Waals surface area contributed by atoms with Crippen LogP contribution in [0.25, 0.3) is 16.5 Å². The van der Waals surface area contributed by atoms with E-state index in [2.05, 4.69) is 28.5 Å². The molecule has 0 radical (unpaired) electrons. The first-order valence-electron chi connectivity index (χ1n) is 12.4. The summed E-state index contributed by atoms with van der Waals surface area (Å²) in [6.45, 7) is 1.35. The predicted octanol–water partition coefficient (Wildman–Crippen LogP) is 6.24. The number of aromatic nitrogens is 1. The molecule has 0 saturated carbocycles. The van der Waals surface area contributed by atoms with Gasteiger partial charge in [-0.15, -0.1) is 0 Å². The van der Waals surface area contributed by atoms with Gasteiger partial charge >= 0.3 is 5.97 Å². The number of pyridine rings is 1. The maximum absolute atomic E-state index is 13.9. The Kier molecular flexibility index (Phi) is 5.72. The first-order valence-corrected chi connectivity index (χ1v) is 12.4. The molecule has 0 saturated heterocycles. The molecule has 6 heteroatoms. The number of rotatable bonds is 4. The summed E-state index contributed by atoms with van der Waals surface area (Å²) in [6.07, 6.45) is 2.99. The highest BCUT2D eigenvalue weighted by molar-refractivity contribution is 6.12. The van der Waals surface area contributed by atoms with Crippen LogP contribution in [0, 0.1) is 0 Å². The Bertz CT molecular complexity index is 1580. The number of allylic oxidation sites excluding steroid dienone is 1. The van der Waals surface area contributed by atoms with Crippen molar-refractivity contribution in [3.63, 3.8) is 0 Å². The maximum Gasteiger partial charge on any atom is 0.308 e. The highest BCUT2D eigenvalue weighted by Crippen LogP contribution is 2.51. The SMILES string of the molecule is COc1cc([C@@H]2Nc3ccc4ncccc4c3C3=C2C(=O)C[C@H](c2ccccc2)C3)ccc1OC(C)=O. The van der Waals surface area contributed by atoms with Crippen molar-refractivity contribution < 1.29 is 19.1 Å². The Morgan fingerprint density at radius 3 is 2.57 bits per heavy atom. The molecule has 1 aliphatic heterocycles. The Morgan fingerprint density at radius 2 is 1.78 bits per heavy atom. The Morgan fingerprint density at radius 1 is 0.946 bits per heavy atom. The van der Waals surface area contributed by atoms with Gasteiger partial charge in [-0.05, 0) is 59.4 Å². The summed E-state index contributed by atoms with van der Waals surface area (Å²) in [5.41, 5.74) is 6.79. The molecule has 3 aromatic carbocycles. The van der Waals surface area contributed by atoms with E-state index in [0.717, 1.165) is 45.3 Å². The van der Waals surface area contributed by atoms with Crippen molar-refractivity contribution in [2.45, 2.75) is 31.7 Å². The number of carbonyl (C=O) groups excluding carboxylic acids is 2. The molecular weight excluding hydrogens is 464 g/mol. The number of anilines is 1. The van der Waals surface area contributed by atoms with Crippen LogP contribution in [0.2, 0.25) is 0 Å². The first-order chi connectivity index (χ1) is 18.0. The minimum atomic E-state index is -0.421. The molecule has 6 rings (SSSR count). The molecule has 0 spiro atoms. The van der Waals surface area contributed by atoms with E-state index in [0.29, 0.717) is 17.9 Å². The monoisotopic (exact) mass is 490 g/mol. The minimum absolute atomic E-state index is 0.104. The predicted molar refractivity (Wildman–Crippen MR) is 143 cm³/mol. The highest BCUT2D eigenvalue weighted by atomic mass is 16.6. The second-order valence-corrected chi connectivity index (χ2v) is 9.47. The number of esters is 1. The summed E-state index contributed by atoms with van der Waals surface area (Å²) in [5.74, 6) is 0.598. The second-order valence-electron chi connectivity index (χ2n) is 9.47. The van der Waals surface area contributed by atoms with Crippen molar-refractivity contribution in [3.05, 3.63) is 101 Å².